The molecule has 1 amide bonds. The van der Waals surface area contributed by atoms with Gasteiger partial charge in [-0.3, -0.25) is 4.79 Å². The Morgan fingerprint density at radius 2 is 2.32 bits per heavy atom. The number of thiazole rings is 1. The second-order valence-electron chi connectivity index (χ2n) is 4.39. The molecule has 0 radical (unpaired) electrons. The number of aromatic nitrogens is 1. The quantitative estimate of drug-likeness (QED) is 0.890. The zero-order valence-electron chi connectivity index (χ0n) is 11.0. The second-order valence-corrected chi connectivity index (χ2v) is 6.41. The van der Waals surface area contributed by atoms with E-state index < -0.39 is 0 Å². The highest BCUT2D eigenvalue weighted by Gasteiger charge is 2.10. The number of nitrogens with two attached hydrogens (primary N) is 1. The Kier molecular flexibility index (Phi) is 4.68. The highest BCUT2D eigenvalue weighted by molar-refractivity contribution is 7.17. The summed E-state index contributed by atoms with van der Waals surface area (Å²) in [5.74, 6) is -0.0867. The van der Waals surface area contributed by atoms with Gasteiger partial charge in [-0.2, -0.15) is 0 Å². The van der Waals surface area contributed by atoms with Crippen molar-refractivity contribution in [1.29, 1.82) is 0 Å². The summed E-state index contributed by atoms with van der Waals surface area (Å²) in [5, 5.41) is 5.37. The first-order valence-corrected chi connectivity index (χ1v) is 7.88. The summed E-state index contributed by atoms with van der Waals surface area (Å²) in [6.07, 6.45) is 1.35. The smallest absolute Gasteiger partial charge is 0.227 e. The van der Waals surface area contributed by atoms with Gasteiger partial charge in [0.15, 0.2) is 5.13 Å². The van der Waals surface area contributed by atoms with Crippen LogP contribution in [0.1, 0.15) is 25.1 Å². The van der Waals surface area contributed by atoms with Crippen LogP contribution in [0.5, 0.6) is 0 Å². The van der Waals surface area contributed by atoms with Crippen molar-refractivity contribution < 1.29 is 4.79 Å². The number of hydrogen-bond acceptors (Lipinski definition) is 5. The van der Waals surface area contributed by atoms with Gasteiger partial charge in [0.05, 0.1) is 10.6 Å². The minimum absolute atomic E-state index is 0.0867. The van der Waals surface area contributed by atoms with Crippen LogP contribution in [0.15, 0.2) is 17.5 Å². The Labute approximate surface area is 120 Å². The maximum absolute atomic E-state index is 11.6. The van der Waals surface area contributed by atoms with E-state index in [1.54, 1.807) is 11.3 Å². The van der Waals surface area contributed by atoms with E-state index in [0.717, 1.165) is 17.0 Å². The molecule has 0 bridgehead atoms. The van der Waals surface area contributed by atoms with Crippen molar-refractivity contribution in [3.8, 4) is 10.6 Å². The second kappa shape index (κ2) is 6.27. The molecule has 0 aliphatic carbocycles. The number of carbonyl (C=O) groups is 1. The van der Waals surface area contributed by atoms with Crippen molar-refractivity contribution in [3.63, 3.8) is 0 Å². The zero-order valence-corrected chi connectivity index (χ0v) is 12.6. The van der Waals surface area contributed by atoms with Gasteiger partial charge < -0.3 is 11.1 Å². The fraction of sp³-hybridized carbons (Fsp3) is 0.385. The van der Waals surface area contributed by atoms with Crippen LogP contribution in [0.25, 0.3) is 10.6 Å². The fourth-order valence-electron chi connectivity index (χ4n) is 1.61. The number of carbonyl (C=O) groups excluding carboxylic acids is 1. The normalized spacial score (nSPS) is 12.4. The van der Waals surface area contributed by atoms with Crippen LogP contribution in [0.2, 0.25) is 0 Å². The topological polar surface area (TPSA) is 68.0 Å². The van der Waals surface area contributed by atoms with Crippen LogP contribution in [0, 0.1) is 0 Å². The van der Waals surface area contributed by atoms with Gasteiger partial charge in [-0.25, -0.2) is 4.98 Å². The van der Waals surface area contributed by atoms with Crippen LogP contribution in [0.3, 0.4) is 0 Å². The highest BCUT2D eigenvalue weighted by atomic mass is 32.1. The third-order valence-electron chi connectivity index (χ3n) is 2.52. The van der Waals surface area contributed by atoms with E-state index in [2.05, 4.69) is 29.4 Å². The lowest BCUT2D eigenvalue weighted by Gasteiger charge is -2.03. The molecule has 102 valence electrons. The van der Waals surface area contributed by atoms with Crippen LogP contribution in [-0.2, 0) is 11.2 Å². The minimum atomic E-state index is -0.135. The van der Waals surface area contributed by atoms with Gasteiger partial charge in [-0.15, -0.1) is 22.7 Å². The van der Waals surface area contributed by atoms with E-state index in [4.69, 9.17) is 5.73 Å². The number of hydrogen-bond donors (Lipinski definition) is 2. The lowest BCUT2D eigenvalue weighted by atomic mass is 10.2. The zero-order chi connectivity index (χ0) is 13.8. The summed E-state index contributed by atoms with van der Waals surface area (Å²) in [6, 6.07) is 4.06. The van der Waals surface area contributed by atoms with Crippen molar-refractivity contribution in [3.05, 3.63) is 22.4 Å². The van der Waals surface area contributed by atoms with Gasteiger partial charge in [-0.1, -0.05) is 6.92 Å². The molecular formula is C13H17N3OS2. The number of anilines is 1. The van der Waals surface area contributed by atoms with Crippen molar-refractivity contribution in [2.75, 3.05) is 5.32 Å². The van der Waals surface area contributed by atoms with Crippen LogP contribution >= 0.6 is 22.7 Å². The van der Waals surface area contributed by atoms with Crippen LogP contribution in [-0.4, -0.2) is 16.9 Å². The van der Waals surface area contributed by atoms with Gasteiger partial charge in [-0.05, 0) is 25.5 Å². The molecule has 0 aliphatic heterocycles. The molecule has 0 aromatic carbocycles. The molecule has 0 fully saturated rings. The van der Waals surface area contributed by atoms with E-state index in [0.29, 0.717) is 11.6 Å². The largest absolute Gasteiger partial charge is 0.327 e. The number of aryl methyl sites for hydroxylation is 1. The average molecular weight is 295 g/mol. The third-order valence-corrected chi connectivity index (χ3v) is 4.53. The Balaban J connectivity index is 2.04. The first-order chi connectivity index (χ1) is 9.08. The fourth-order valence-corrected chi connectivity index (χ4v) is 3.32. The van der Waals surface area contributed by atoms with E-state index in [-0.39, 0.29) is 11.9 Å². The molecule has 3 N–H and O–H groups in total. The Morgan fingerprint density at radius 1 is 1.53 bits per heavy atom. The predicted molar refractivity (Wildman–Crippen MR) is 81.7 cm³/mol. The van der Waals surface area contributed by atoms with Crippen molar-refractivity contribution in [2.45, 2.75) is 32.7 Å². The van der Waals surface area contributed by atoms with Crippen molar-refractivity contribution in [2.24, 2.45) is 5.73 Å². The lowest BCUT2D eigenvalue weighted by molar-refractivity contribution is -0.116. The van der Waals surface area contributed by atoms with Crippen LogP contribution in [0.4, 0.5) is 5.13 Å². The molecular weight excluding hydrogens is 278 g/mol. The van der Waals surface area contributed by atoms with E-state index in [1.165, 1.54) is 16.2 Å². The van der Waals surface area contributed by atoms with E-state index in [1.807, 2.05) is 12.3 Å². The van der Waals surface area contributed by atoms with Crippen molar-refractivity contribution in [1.82, 2.24) is 4.98 Å². The van der Waals surface area contributed by atoms with E-state index >= 15 is 0 Å². The molecule has 6 heteroatoms. The molecule has 2 heterocycles. The molecule has 19 heavy (non-hydrogen) atoms. The van der Waals surface area contributed by atoms with Gasteiger partial charge in [0, 0.05) is 22.7 Å². The summed E-state index contributed by atoms with van der Waals surface area (Å²) in [6.45, 7) is 3.95. The van der Waals surface area contributed by atoms with Gasteiger partial charge in [0.25, 0.3) is 0 Å². The molecule has 1 atom stereocenters. The SMILES string of the molecule is CCc1ccc(-c2csc(NC(=O)CC(C)N)n2)s1. The van der Waals surface area contributed by atoms with Crippen molar-refractivity contribution >= 4 is 33.7 Å². The monoisotopic (exact) mass is 295 g/mol. The summed E-state index contributed by atoms with van der Waals surface area (Å²) < 4.78 is 0. The molecule has 2 aromatic rings. The molecule has 2 rings (SSSR count). The first-order valence-electron chi connectivity index (χ1n) is 6.18. The Hall–Kier alpha value is -1.24. The average Bonchev–Trinajstić information content (AvgIpc) is 2.95. The van der Waals surface area contributed by atoms with Crippen LogP contribution < -0.4 is 11.1 Å². The molecule has 0 saturated carbocycles. The molecule has 4 nitrogen and oxygen atoms in total. The van der Waals surface area contributed by atoms with E-state index in [9.17, 15) is 4.79 Å². The van der Waals surface area contributed by atoms with Gasteiger partial charge >= 0.3 is 0 Å². The molecule has 0 saturated heterocycles. The molecule has 1 unspecified atom stereocenters. The Bertz CT molecular complexity index is 560. The third kappa shape index (κ3) is 3.86. The highest BCUT2D eigenvalue weighted by Crippen LogP contribution is 2.30. The van der Waals surface area contributed by atoms with Gasteiger partial charge in [0.2, 0.25) is 5.91 Å². The number of amides is 1. The Morgan fingerprint density at radius 3 is 2.95 bits per heavy atom. The standard InChI is InChI=1S/C13H17N3OS2/c1-3-9-4-5-11(19-9)10-7-18-13(15-10)16-12(17)6-8(2)14/h4-5,7-8H,3,6,14H2,1-2H3,(H,15,16,17). The molecule has 0 aliphatic rings. The number of nitrogens with zero attached hydrogens (tertiary/aromatic N) is 1. The summed E-state index contributed by atoms with van der Waals surface area (Å²) in [5.41, 5.74) is 6.51. The number of rotatable bonds is 5. The minimum Gasteiger partial charge on any atom is -0.327 e. The summed E-state index contributed by atoms with van der Waals surface area (Å²) in [7, 11) is 0. The molecule has 2 aromatic heterocycles. The predicted octanol–water partition coefficient (Wildman–Crippen LogP) is 3.11. The van der Waals surface area contributed by atoms with Gasteiger partial charge in [0.1, 0.15) is 0 Å². The maximum atomic E-state index is 11.6. The lowest BCUT2D eigenvalue weighted by Crippen LogP contribution is -2.23. The maximum Gasteiger partial charge on any atom is 0.227 e. The number of nitrogens with one attached hydrogen (secondary N) is 1. The number of thiophene rings is 1. The summed E-state index contributed by atoms with van der Waals surface area (Å²) >= 11 is 3.18. The summed E-state index contributed by atoms with van der Waals surface area (Å²) in [4.78, 5) is 18.5. The molecule has 0 spiro atoms. The first kappa shape index (κ1) is 14.2.